The van der Waals surface area contributed by atoms with Crippen LogP contribution in [-0.4, -0.2) is 30.0 Å². The van der Waals surface area contributed by atoms with Crippen LogP contribution in [0.25, 0.3) is 0 Å². The average Bonchev–Trinajstić information content (AvgIpc) is 2.77. The molecule has 10 nitrogen and oxygen atoms in total. The van der Waals surface area contributed by atoms with Crippen LogP contribution in [0.15, 0.2) is 70.9 Å². The molecule has 0 bridgehead atoms. The molecule has 3 aromatic rings. The SMILES string of the molecule is Cc1ccc(C)c(NC(=O)/C(C#N)=N/Nc2ccc(S(=O)(=O)Nc3ncccn3)cc2)c1. The van der Waals surface area contributed by atoms with Gasteiger partial charge in [-0.25, -0.2) is 23.1 Å². The van der Waals surface area contributed by atoms with E-state index < -0.39 is 15.9 Å². The molecule has 0 atom stereocenters. The number of amides is 1. The van der Waals surface area contributed by atoms with E-state index in [1.165, 1.54) is 36.7 Å². The zero-order chi connectivity index (χ0) is 23.1. The number of nitriles is 1. The number of sulfonamides is 1. The molecule has 0 aliphatic carbocycles. The monoisotopic (exact) mass is 449 g/mol. The average molecular weight is 449 g/mol. The first-order chi connectivity index (χ1) is 15.3. The number of aromatic nitrogens is 2. The number of carbonyl (C=O) groups excluding carboxylic acids is 1. The largest absolute Gasteiger partial charge is 0.320 e. The van der Waals surface area contributed by atoms with Crippen LogP contribution in [0.5, 0.6) is 0 Å². The maximum absolute atomic E-state index is 12.4. The zero-order valence-electron chi connectivity index (χ0n) is 17.2. The van der Waals surface area contributed by atoms with E-state index in [1.54, 1.807) is 18.2 Å². The van der Waals surface area contributed by atoms with Crippen LogP contribution in [0.2, 0.25) is 0 Å². The molecule has 1 heterocycles. The van der Waals surface area contributed by atoms with Crippen LogP contribution in [-0.2, 0) is 14.8 Å². The van der Waals surface area contributed by atoms with Crippen LogP contribution in [0.4, 0.5) is 17.3 Å². The predicted octanol–water partition coefficient (Wildman–Crippen LogP) is 2.82. The number of rotatable bonds is 7. The van der Waals surface area contributed by atoms with E-state index in [4.69, 9.17) is 0 Å². The number of anilines is 3. The third-order valence-corrected chi connectivity index (χ3v) is 5.56. The van der Waals surface area contributed by atoms with E-state index in [-0.39, 0.29) is 16.6 Å². The molecule has 0 aliphatic heterocycles. The smallest absolute Gasteiger partial charge is 0.287 e. The number of hydrogen-bond donors (Lipinski definition) is 3. The summed E-state index contributed by atoms with van der Waals surface area (Å²) < 4.78 is 27.1. The van der Waals surface area contributed by atoms with Crippen molar-refractivity contribution in [3.05, 3.63) is 72.1 Å². The van der Waals surface area contributed by atoms with Crippen molar-refractivity contribution < 1.29 is 13.2 Å². The van der Waals surface area contributed by atoms with Gasteiger partial charge in [-0.2, -0.15) is 10.4 Å². The second kappa shape index (κ2) is 9.67. The van der Waals surface area contributed by atoms with Gasteiger partial charge in [0.05, 0.1) is 10.6 Å². The van der Waals surface area contributed by atoms with Gasteiger partial charge in [-0.15, -0.1) is 0 Å². The molecule has 0 radical (unpaired) electrons. The van der Waals surface area contributed by atoms with Gasteiger partial charge in [0.25, 0.3) is 15.9 Å². The predicted molar refractivity (Wildman–Crippen MR) is 120 cm³/mol. The van der Waals surface area contributed by atoms with Crippen molar-refractivity contribution >= 4 is 39.0 Å². The molecule has 32 heavy (non-hydrogen) atoms. The molecule has 3 rings (SSSR count). The maximum atomic E-state index is 12.4. The van der Waals surface area contributed by atoms with Gasteiger partial charge in [0.2, 0.25) is 11.7 Å². The Balaban J connectivity index is 1.69. The molecule has 2 aromatic carbocycles. The summed E-state index contributed by atoms with van der Waals surface area (Å²) in [5, 5.41) is 15.8. The van der Waals surface area contributed by atoms with Gasteiger partial charge in [0.15, 0.2) is 0 Å². The van der Waals surface area contributed by atoms with Crippen molar-refractivity contribution in [1.82, 2.24) is 9.97 Å². The lowest BCUT2D eigenvalue weighted by atomic mass is 10.1. The van der Waals surface area contributed by atoms with Crippen molar-refractivity contribution in [2.75, 3.05) is 15.5 Å². The molecular weight excluding hydrogens is 430 g/mol. The fourth-order valence-electron chi connectivity index (χ4n) is 2.54. The van der Waals surface area contributed by atoms with E-state index in [0.29, 0.717) is 11.4 Å². The quantitative estimate of drug-likeness (QED) is 0.371. The lowest BCUT2D eigenvalue weighted by molar-refractivity contribution is -0.110. The number of benzene rings is 2. The Morgan fingerprint density at radius 3 is 2.41 bits per heavy atom. The fraction of sp³-hybridized carbons (Fsp3) is 0.0952. The van der Waals surface area contributed by atoms with Crippen LogP contribution in [0.3, 0.4) is 0 Å². The first-order valence-corrected chi connectivity index (χ1v) is 10.8. The van der Waals surface area contributed by atoms with Gasteiger partial charge in [-0.05, 0) is 61.4 Å². The van der Waals surface area contributed by atoms with Crippen LogP contribution >= 0.6 is 0 Å². The summed E-state index contributed by atoms with van der Waals surface area (Å²) in [6.07, 6.45) is 2.83. The Morgan fingerprint density at radius 2 is 1.75 bits per heavy atom. The minimum atomic E-state index is -3.88. The van der Waals surface area contributed by atoms with E-state index in [2.05, 4.69) is 30.5 Å². The Kier molecular flexibility index (Phi) is 6.77. The number of nitrogens with one attached hydrogen (secondary N) is 3. The number of hydrogen-bond acceptors (Lipinski definition) is 8. The van der Waals surface area contributed by atoms with E-state index in [1.807, 2.05) is 26.0 Å². The number of hydrazone groups is 1. The van der Waals surface area contributed by atoms with E-state index in [9.17, 15) is 18.5 Å². The molecule has 0 aliphatic rings. The Labute approximate surface area is 185 Å². The number of aryl methyl sites for hydroxylation is 2. The van der Waals surface area contributed by atoms with E-state index >= 15 is 0 Å². The highest BCUT2D eigenvalue weighted by Gasteiger charge is 2.16. The minimum absolute atomic E-state index is 0.0207. The van der Waals surface area contributed by atoms with E-state index in [0.717, 1.165) is 11.1 Å². The number of nitrogens with zero attached hydrogens (tertiary/aromatic N) is 4. The maximum Gasteiger partial charge on any atom is 0.287 e. The molecule has 0 fully saturated rings. The van der Waals surface area contributed by atoms with Crippen molar-refractivity contribution in [3.63, 3.8) is 0 Å². The first-order valence-electron chi connectivity index (χ1n) is 9.31. The molecule has 0 spiro atoms. The van der Waals surface area contributed by atoms with Crippen LogP contribution < -0.4 is 15.5 Å². The third-order valence-electron chi connectivity index (χ3n) is 4.22. The van der Waals surface area contributed by atoms with Gasteiger partial charge in [-0.1, -0.05) is 12.1 Å². The van der Waals surface area contributed by atoms with Crippen molar-refractivity contribution in [2.24, 2.45) is 5.10 Å². The fourth-order valence-corrected chi connectivity index (χ4v) is 3.50. The summed E-state index contributed by atoms with van der Waals surface area (Å²) >= 11 is 0. The lowest BCUT2D eigenvalue weighted by Crippen LogP contribution is -2.23. The third kappa shape index (κ3) is 5.65. The topological polar surface area (TPSA) is 149 Å². The van der Waals surface area contributed by atoms with Gasteiger partial charge >= 0.3 is 0 Å². The molecule has 1 amide bonds. The summed E-state index contributed by atoms with van der Waals surface area (Å²) in [4.78, 5) is 20.0. The normalized spacial score (nSPS) is 11.3. The first kappa shape index (κ1) is 22.4. The second-order valence-corrected chi connectivity index (χ2v) is 8.34. The highest BCUT2D eigenvalue weighted by molar-refractivity contribution is 7.92. The highest BCUT2D eigenvalue weighted by atomic mass is 32.2. The van der Waals surface area contributed by atoms with Gasteiger partial charge in [-0.3, -0.25) is 10.2 Å². The molecule has 1 aromatic heterocycles. The summed E-state index contributed by atoms with van der Waals surface area (Å²) in [5.41, 5.74) is 4.97. The van der Waals surface area contributed by atoms with Crippen LogP contribution in [0, 0.1) is 25.2 Å². The molecular formula is C21H19N7O3S. The van der Waals surface area contributed by atoms with Gasteiger partial charge < -0.3 is 5.32 Å². The molecule has 0 saturated heterocycles. The van der Waals surface area contributed by atoms with Crippen LogP contribution in [0.1, 0.15) is 11.1 Å². The summed E-state index contributed by atoms with van der Waals surface area (Å²) in [6.45, 7) is 3.73. The Bertz CT molecular complexity index is 1300. The molecule has 0 saturated carbocycles. The van der Waals surface area contributed by atoms with Crippen molar-refractivity contribution in [1.29, 1.82) is 5.26 Å². The zero-order valence-corrected chi connectivity index (χ0v) is 18.0. The van der Waals surface area contributed by atoms with Crippen molar-refractivity contribution in [3.8, 4) is 6.07 Å². The second-order valence-electron chi connectivity index (χ2n) is 6.66. The van der Waals surface area contributed by atoms with Gasteiger partial charge in [0.1, 0.15) is 6.07 Å². The molecule has 11 heteroatoms. The van der Waals surface area contributed by atoms with Crippen molar-refractivity contribution in [2.45, 2.75) is 18.7 Å². The summed E-state index contributed by atoms with van der Waals surface area (Å²) in [5.74, 6) is -0.715. The minimum Gasteiger partial charge on any atom is -0.320 e. The highest BCUT2D eigenvalue weighted by Crippen LogP contribution is 2.18. The Hall–Kier alpha value is -4.30. The van der Waals surface area contributed by atoms with Gasteiger partial charge in [0, 0.05) is 18.1 Å². The lowest BCUT2D eigenvalue weighted by Gasteiger charge is -2.09. The number of carbonyl (C=O) groups is 1. The summed E-state index contributed by atoms with van der Waals surface area (Å²) in [6, 6.07) is 14.5. The summed E-state index contributed by atoms with van der Waals surface area (Å²) in [7, 11) is -3.88. The molecule has 0 unspecified atom stereocenters. The molecule has 162 valence electrons. The Morgan fingerprint density at radius 1 is 1.06 bits per heavy atom. The molecule has 3 N–H and O–H groups in total. The standard InChI is InChI=1S/C21H19N7O3S/c1-14-4-5-15(2)18(12-14)25-20(29)19(13-22)27-26-16-6-8-17(9-7-16)32(30,31)28-21-23-10-3-11-24-21/h3-12,26H,1-2H3,(H,25,29)(H,23,24,28)/b27-19+.